The summed E-state index contributed by atoms with van der Waals surface area (Å²) < 4.78 is 0. The molecule has 0 radical (unpaired) electrons. The Balaban J connectivity index is 2.41. The smallest absolute Gasteiger partial charge is 0.225 e. The molecule has 16 heavy (non-hydrogen) atoms. The van der Waals surface area contributed by atoms with Gasteiger partial charge in [0.05, 0.1) is 5.41 Å². The van der Waals surface area contributed by atoms with Gasteiger partial charge in [0.25, 0.3) is 0 Å². The molecule has 0 bridgehead atoms. The third-order valence-electron chi connectivity index (χ3n) is 3.20. The van der Waals surface area contributed by atoms with Crippen LogP contribution in [0.1, 0.15) is 32.6 Å². The van der Waals surface area contributed by atoms with Crippen molar-refractivity contribution in [2.75, 3.05) is 18.4 Å². The van der Waals surface area contributed by atoms with Crippen LogP contribution in [-0.2, 0) is 9.59 Å². The Morgan fingerprint density at radius 3 is 2.62 bits per heavy atom. The Hall–Kier alpha value is -0.580. The second-order valence-corrected chi connectivity index (χ2v) is 5.43. The summed E-state index contributed by atoms with van der Waals surface area (Å²) in [6.07, 6.45) is 3.16. The van der Waals surface area contributed by atoms with E-state index in [2.05, 4.69) is 15.9 Å². The lowest BCUT2D eigenvalue weighted by Gasteiger charge is -2.21. The molecule has 1 rings (SSSR count). The van der Waals surface area contributed by atoms with Crippen molar-refractivity contribution >= 4 is 27.7 Å². The highest BCUT2D eigenvalue weighted by atomic mass is 79.9. The van der Waals surface area contributed by atoms with E-state index in [1.165, 1.54) is 0 Å². The van der Waals surface area contributed by atoms with E-state index in [-0.39, 0.29) is 11.8 Å². The van der Waals surface area contributed by atoms with Crippen LogP contribution in [0.4, 0.5) is 0 Å². The van der Waals surface area contributed by atoms with Crippen LogP contribution >= 0.6 is 15.9 Å². The third kappa shape index (κ3) is 3.20. The minimum Gasteiger partial charge on any atom is -0.369 e. The van der Waals surface area contributed by atoms with Gasteiger partial charge in [-0.2, -0.15) is 0 Å². The van der Waals surface area contributed by atoms with Crippen molar-refractivity contribution in [3.8, 4) is 0 Å². The number of amides is 2. The maximum atomic E-state index is 11.8. The second-order valence-electron chi connectivity index (χ2n) is 4.64. The molecule has 1 aliphatic rings. The fourth-order valence-electron chi connectivity index (χ4n) is 1.90. The Labute approximate surface area is 105 Å². The lowest BCUT2D eigenvalue weighted by Crippen LogP contribution is -2.38. The first kappa shape index (κ1) is 13.5. The lowest BCUT2D eigenvalue weighted by atomic mass is 9.89. The molecule has 1 heterocycles. The van der Waals surface area contributed by atoms with E-state index < -0.39 is 5.41 Å². The number of unbranched alkanes of at least 4 members (excludes halogenated alkanes) is 1. The van der Waals surface area contributed by atoms with Crippen molar-refractivity contribution in [1.82, 2.24) is 4.90 Å². The van der Waals surface area contributed by atoms with Gasteiger partial charge in [-0.25, -0.2) is 0 Å². The van der Waals surface area contributed by atoms with Crippen molar-refractivity contribution < 1.29 is 9.59 Å². The van der Waals surface area contributed by atoms with Crippen LogP contribution in [0, 0.1) is 5.41 Å². The number of halogens is 1. The maximum absolute atomic E-state index is 11.8. The molecule has 1 unspecified atom stereocenters. The van der Waals surface area contributed by atoms with E-state index in [4.69, 9.17) is 5.73 Å². The topological polar surface area (TPSA) is 63.4 Å². The molecule has 0 spiro atoms. The first-order chi connectivity index (χ1) is 7.49. The van der Waals surface area contributed by atoms with E-state index in [9.17, 15) is 9.59 Å². The fourth-order valence-corrected chi connectivity index (χ4v) is 2.30. The molecule has 1 atom stereocenters. The van der Waals surface area contributed by atoms with Gasteiger partial charge in [-0.05, 0) is 26.2 Å². The molecule has 2 amide bonds. The molecule has 0 saturated carbocycles. The number of carbonyl (C=O) groups is 2. The van der Waals surface area contributed by atoms with Gasteiger partial charge >= 0.3 is 0 Å². The summed E-state index contributed by atoms with van der Waals surface area (Å²) in [5.41, 5.74) is 4.81. The van der Waals surface area contributed by atoms with E-state index in [0.29, 0.717) is 25.9 Å². The number of nitrogens with zero attached hydrogens (tertiary/aromatic N) is 1. The third-order valence-corrected chi connectivity index (χ3v) is 3.76. The summed E-state index contributed by atoms with van der Waals surface area (Å²) in [5.74, 6) is -0.158. The Morgan fingerprint density at radius 1 is 1.44 bits per heavy atom. The molecule has 4 nitrogen and oxygen atoms in total. The molecular weight excluding hydrogens is 272 g/mol. The summed E-state index contributed by atoms with van der Waals surface area (Å²) in [7, 11) is 0. The number of likely N-dealkylation sites (tertiary alicyclic amines) is 1. The van der Waals surface area contributed by atoms with Crippen molar-refractivity contribution in [3.05, 3.63) is 0 Å². The molecule has 1 fully saturated rings. The minimum absolute atomic E-state index is 0.144. The zero-order valence-corrected chi connectivity index (χ0v) is 11.3. The molecule has 0 aromatic carbocycles. The van der Waals surface area contributed by atoms with Crippen molar-refractivity contribution in [3.63, 3.8) is 0 Å². The van der Waals surface area contributed by atoms with Gasteiger partial charge in [0, 0.05) is 24.8 Å². The number of rotatable bonds is 5. The second kappa shape index (κ2) is 5.66. The quantitative estimate of drug-likeness (QED) is 0.612. The minimum atomic E-state index is -0.523. The zero-order valence-electron chi connectivity index (χ0n) is 9.67. The van der Waals surface area contributed by atoms with E-state index >= 15 is 0 Å². The average Bonchev–Trinajstić information content (AvgIpc) is 2.63. The molecule has 0 aromatic rings. The first-order valence-corrected chi connectivity index (χ1v) is 6.75. The highest BCUT2D eigenvalue weighted by Crippen LogP contribution is 2.29. The van der Waals surface area contributed by atoms with Gasteiger partial charge in [-0.1, -0.05) is 15.9 Å². The molecule has 0 aromatic heterocycles. The van der Waals surface area contributed by atoms with Gasteiger partial charge < -0.3 is 10.6 Å². The largest absolute Gasteiger partial charge is 0.369 e. The number of carbonyl (C=O) groups excluding carboxylic acids is 2. The van der Waals surface area contributed by atoms with Crippen molar-refractivity contribution in [2.24, 2.45) is 11.1 Å². The summed E-state index contributed by atoms with van der Waals surface area (Å²) >= 11 is 3.33. The summed E-state index contributed by atoms with van der Waals surface area (Å²) in [6.45, 7) is 2.98. The van der Waals surface area contributed by atoms with Crippen LogP contribution in [0.25, 0.3) is 0 Å². The van der Waals surface area contributed by atoms with Gasteiger partial charge in [-0.3, -0.25) is 9.59 Å². The molecule has 5 heteroatoms. The number of hydrogen-bond donors (Lipinski definition) is 1. The Kier molecular flexibility index (Phi) is 4.77. The molecule has 1 saturated heterocycles. The average molecular weight is 291 g/mol. The zero-order chi connectivity index (χ0) is 12.2. The normalized spacial score (nSPS) is 24.8. The van der Waals surface area contributed by atoms with Crippen LogP contribution in [-0.4, -0.2) is 35.1 Å². The van der Waals surface area contributed by atoms with Crippen LogP contribution in [0.5, 0.6) is 0 Å². The highest BCUT2D eigenvalue weighted by molar-refractivity contribution is 9.09. The van der Waals surface area contributed by atoms with Crippen LogP contribution < -0.4 is 5.73 Å². The van der Waals surface area contributed by atoms with Gasteiger partial charge in [0.1, 0.15) is 0 Å². The molecule has 0 aliphatic carbocycles. The number of primary amides is 1. The van der Waals surface area contributed by atoms with Crippen LogP contribution in [0.3, 0.4) is 0 Å². The SMILES string of the molecule is CC1(C(N)=O)CCN(C(=O)CCCCBr)C1. The maximum Gasteiger partial charge on any atom is 0.225 e. The van der Waals surface area contributed by atoms with Crippen molar-refractivity contribution in [2.45, 2.75) is 32.6 Å². The summed E-state index contributed by atoms with van der Waals surface area (Å²) in [5, 5.41) is 0.930. The van der Waals surface area contributed by atoms with Gasteiger partial charge in [0.15, 0.2) is 0 Å². The van der Waals surface area contributed by atoms with Gasteiger partial charge in [0.2, 0.25) is 11.8 Å². The number of nitrogens with two attached hydrogens (primary N) is 1. The molecule has 92 valence electrons. The summed E-state index contributed by atoms with van der Waals surface area (Å²) in [4.78, 5) is 24.8. The number of alkyl halides is 1. The van der Waals surface area contributed by atoms with E-state index in [1.54, 1.807) is 4.90 Å². The summed E-state index contributed by atoms with van der Waals surface area (Å²) in [6, 6.07) is 0. The first-order valence-electron chi connectivity index (χ1n) is 5.63. The van der Waals surface area contributed by atoms with Crippen LogP contribution in [0.2, 0.25) is 0 Å². The van der Waals surface area contributed by atoms with Gasteiger partial charge in [-0.15, -0.1) is 0 Å². The highest BCUT2D eigenvalue weighted by Gasteiger charge is 2.40. The molecule has 2 N–H and O–H groups in total. The van der Waals surface area contributed by atoms with E-state index in [0.717, 1.165) is 18.2 Å². The lowest BCUT2D eigenvalue weighted by molar-refractivity contribution is -0.131. The molecule has 1 aliphatic heterocycles. The fraction of sp³-hybridized carbons (Fsp3) is 0.818. The Bertz CT molecular complexity index is 283. The van der Waals surface area contributed by atoms with Crippen molar-refractivity contribution in [1.29, 1.82) is 0 Å². The molecular formula is C11H19BrN2O2. The number of hydrogen-bond acceptors (Lipinski definition) is 2. The Morgan fingerprint density at radius 2 is 2.12 bits per heavy atom. The predicted octanol–water partition coefficient (Wildman–Crippen LogP) is 1.28. The van der Waals surface area contributed by atoms with Crippen LogP contribution in [0.15, 0.2) is 0 Å². The van der Waals surface area contributed by atoms with E-state index in [1.807, 2.05) is 6.92 Å². The monoisotopic (exact) mass is 290 g/mol. The standard InChI is InChI=1S/C11H19BrN2O2/c1-11(10(13)16)5-7-14(8-11)9(15)4-2-3-6-12/h2-8H2,1H3,(H2,13,16). The predicted molar refractivity (Wildman–Crippen MR) is 66.1 cm³/mol.